The number of nitrogens with two attached hydrogens (primary N) is 1. The van der Waals surface area contributed by atoms with E-state index in [1.54, 1.807) is 6.07 Å². The van der Waals surface area contributed by atoms with Crippen LogP contribution in [0.3, 0.4) is 0 Å². The summed E-state index contributed by atoms with van der Waals surface area (Å²) in [5.74, 6) is 0.729. The largest absolute Gasteiger partial charge is 0.330 e. The van der Waals surface area contributed by atoms with Gasteiger partial charge in [0.05, 0.1) is 10.0 Å². The van der Waals surface area contributed by atoms with Crippen molar-refractivity contribution in [3.8, 4) is 11.5 Å². The van der Waals surface area contributed by atoms with Crippen molar-refractivity contribution in [3.05, 3.63) is 39.3 Å². The Morgan fingerprint density at radius 2 is 1.80 bits per heavy atom. The van der Waals surface area contributed by atoms with Crippen molar-refractivity contribution in [1.29, 1.82) is 0 Å². The number of halogens is 2. The van der Waals surface area contributed by atoms with Gasteiger partial charge in [0.1, 0.15) is 5.69 Å². The molecule has 1 unspecified atom stereocenters. The molecule has 2 aromatic rings. The van der Waals surface area contributed by atoms with Crippen LogP contribution in [-0.2, 0) is 0 Å². The Morgan fingerprint density at radius 1 is 1.20 bits per heavy atom. The molecule has 0 aliphatic heterocycles. The van der Waals surface area contributed by atoms with E-state index in [9.17, 15) is 0 Å². The topological polar surface area (TPSA) is 64.7 Å². The standard InChI is InChI=1S/C14H16Cl2N4/c1-7(5-17)12-8(2)19-14(20-9(12)3)13-11(16)4-10(15)6-18-13/h4,6-7H,5,17H2,1-3H3. The smallest absolute Gasteiger partial charge is 0.180 e. The van der Waals surface area contributed by atoms with Gasteiger partial charge in [0.2, 0.25) is 0 Å². The Bertz CT molecular complexity index is 620. The highest BCUT2D eigenvalue weighted by Gasteiger charge is 2.16. The van der Waals surface area contributed by atoms with Gasteiger partial charge < -0.3 is 5.73 Å². The fourth-order valence-electron chi connectivity index (χ4n) is 2.24. The van der Waals surface area contributed by atoms with Crippen LogP contribution in [0.4, 0.5) is 0 Å². The third-order valence-corrected chi connectivity index (χ3v) is 3.69. The van der Waals surface area contributed by atoms with Crippen molar-refractivity contribution in [2.45, 2.75) is 26.7 Å². The molecule has 1 atom stereocenters. The highest BCUT2D eigenvalue weighted by Crippen LogP contribution is 2.28. The molecule has 0 amide bonds. The second-order valence-corrected chi connectivity index (χ2v) is 5.60. The molecule has 0 aliphatic carbocycles. The Morgan fingerprint density at radius 3 is 2.30 bits per heavy atom. The highest BCUT2D eigenvalue weighted by atomic mass is 35.5. The van der Waals surface area contributed by atoms with Crippen molar-refractivity contribution in [3.63, 3.8) is 0 Å². The summed E-state index contributed by atoms with van der Waals surface area (Å²) in [5.41, 5.74) is 9.15. The maximum atomic E-state index is 6.15. The molecule has 0 aromatic carbocycles. The molecular formula is C14H16Cl2N4. The SMILES string of the molecule is Cc1nc(-c2ncc(Cl)cc2Cl)nc(C)c1C(C)CN. The van der Waals surface area contributed by atoms with Gasteiger partial charge >= 0.3 is 0 Å². The average molecular weight is 311 g/mol. The van der Waals surface area contributed by atoms with Crippen molar-refractivity contribution in [2.75, 3.05) is 6.54 Å². The lowest BCUT2D eigenvalue weighted by Gasteiger charge is -2.15. The molecular weight excluding hydrogens is 295 g/mol. The summed E-state index contributed by atoms with van der Waals surface area (Å²) in [6, 6.07) is 1.63. The summed E-state index contributed by atoms with van der Waals surface area (Å²) >= 11 is 12.0. The molecule has 0 saturated heterocycles. The molecule has 2 heterocycles. The first-order valence-electron chi connectivity index (χ1n) is 6.30. The second kappa shape index (κ2) is 6.04. The zero-order valence-electron chi connectivity index (χ0n) is 11.6. The lowest BCUT2D eigenvalue weighted by Crippen LogP contribution is -2.14. The van der Waals surface area contributed by atoms with Gasteiger partial charge in [0.25, 0.3) is 0 Å². The minimum atomic E-state index is 0.220. The zero-order chi connectivity index (χ0) is 14.9. The minimum Gasteiger partial charge on any atom is -0.330 e. The van der Waals surface area contributed by atoms with Crippen molar-refractivity contribution in [2.24, 2.45) is 5.73 Å². The summed E-state index contributed by atoms with van der Waals surface area (Å²) in [6.07, 6.45) is 1.53. The number of pyridine rings is 1. The van der Waals surface area contributed by atoms with E-state index in [2.05, 4.69) is 21.9 Å². The molecule has 0 aliphatic rings. The molecule has 2 N–H and O–H groups in total. The molecule has 6 heteroatoms. The van der Waals surface area contributed by atoms with Crippen LogP contribution in [0.25, 0.3) is 11.5 Å². The summed E-state index contributed by atoms with van der Waals surface area (Å²) in [7, 11) is 0. The third-order valence-electron chi connectivity index (χ3n) is 3.19. The van der Waals surface area contributed by atoms with E-state index >= 15 is 0 Å². The number of aryl methyl sites for hydroxylation is 2. The predicted molar refractivity (Wildman–Crippen MR) is 82.2 cm³/mol. The number of nitrogens with zero attached hydrogens (tertiary/aromatic N) is 3. The van der Waals surface area contributed by atoms with E-state index in [1.165, 1.54) is 6.20 Å². The lowest BCUT2D eigenvalue weighted by atomic mass is 9.98. The Labute approximate surface area is 128 Å². The normalized spacial score (nSPS) is 12.5. The van der Waals surface area contributed by atoms with Crippen LogP contribution in [0, 0.1) is 13.8 Å². The van der Waals surface area contributed by atoms with Gasteiger partial charge in [0, 0.05) is 17.6 Å². The van der Waals surface area contributed by atoms with Crippen LogP contribution in [0.2, 0.25) is 10.0 Å². The average Bonchev–Trinajstić information content (AvgIpc) is 2.37. The summed E-state index contributed by atoms with van der Waals surface area (Å²) in [5, 5.41) is 0.927. The monoisotopic (exact) mass is 310 g/mol. The van der Waals surface area contributed by atoms with E-state index in [0.717, 1.165) is 17.0 Å². The molecule has 4 nitrogen and oxygen atoms in total. The first kappa shape index (κ1) is 15.2. The van der Waals surface area contributed by atoms with Gasteiger partial charge in [-0.2, -0.15) is 0 Å². The van der Waals surface area contributed by atoms with Crippen molar-refractivity contribution < 1.29 is 0 Å². The summed E-state index contributed by atoms with van der Waals surface area (Å²) in [6.45, 7) is 6.52. The van der Waals surface area contributed by atoms with Gasteiger partial charge in [-0.3, -0.25) is 0 Å². The molecule has 0 saturated carbocycles. The fraction of sp³-hybridized carbons (Fsp3) is 0.357. The lowest BCUT2D eigenvalue weighted by molar-refractivity contribution is 0.743. The molecule has 2 rings (SSSR count). The summed E-state index contributed by atoms with van der Waals surface area (Å²) < 4.78 is 0. The number of aromatic nitrogens is 3. The number of hydrogen-bond acceptors (Lipinski definition) is 4. The van der Waals surface area contributed by atoms with Crippen LogP contribution >= 0.6 is 23.2 Å². The zero-order valence-corrected chi connectivity index (χ0v) is 13.1. The van der Waals surface area contributed by atoms with Gasteiger partial charge in [-0.1, -0.05) is 30.1 Å². The molecule has 0 fully saturated rings. The quantitative estimate of drug-likeness (QED) is 0.942. The maximum absolute atomic E-state index is 6.15. The van der Waals surface area contributed by atoms with Crippen molar-refractivity contribution in [1.82, 2.24) is 15.0 Å². The number of rotatable bonds is 3. The summed E-state index contributed by atoms with van der Waals surface area (Å²) in [4.78, 5) is 13.2. The van der Waals surface area contributed by atoms with E-state index in [4.69, 9.17) is 28.9 Å². The van der Waals surface area contributed by atoms with Crippen LogP contribution in [0.1, 0.15) is 29.8 Å². The first-order valence-corrected chi connectivity index (χ1v) is 7.06. The first-order chi connectivity index (χ1) is 9.43. The fourth-order valence-corrected chi connectivity index (χ4v) is 2.71. The second-order valence-electron chi connectivity index (χ2n) is 4.75. The maximum Gasteiger partial charge on any atom is 0.180 e. The Hall–Kier alpha value is -1.23. The predicted octanol–water partition coefficient (Wildman–Crippen LogP) is 3.52. The Balaban J connectivity index is 2.55. The van der Waals surface area contributed by atoms with Crippen LogP contribution < -0.4 is 5.73 Å². The molecule has 20 heavy (non-hydrogen) atoms. The molecule has 0 spiro atoms. The van der Waals surface area contributed by atoms with Crippen molar-refractivity contribution >= 4 is 23.2 Å². The molecule has 106 valence electrons. The van der Waals surface area contributed by atoms with E-state index in [0.29, 0.717) is 28.1 Å². The molecule has 2 aromatic heterocycles. The highest BCUT2D eigenvalue weighted by molar-refractivity contribution is 6.35. The van der Waals surface area contributed by atoms with Gasteiger partial charge in [0.15, 0.2) is 5.82 Å². The van der Waals surface area contributed by atoms with E-state index < -0.39 is 0 Å². The van der Waals surface area contributed by atoms with Gasteiger partial charge in [-0.05, 0) is 37.9 Å². The van der Waals surface area contributed by atoms with E-state index in [-0.39, 0.29) is 5.92 Å². The van der Waals surface area contributed by atoms with Gasteiger partial charge in [-0.15, -0.1) is 0 Å². The van der Waals surface area contributed by atoms with Crippen LogP contribution in [0.15, 0.2) is 12.3 Å². The minimum absolute atomic E-state index is 0.220. The van der Waals surface area contributed by atoms with Crippen LogP contribution in [-0.4, -0.2) is 21.5 Å². The van der Waals surface area contributed by atoms with E-state index in [1.807, 2.05) is 13.8 Å². The third kappa shape index (κ3) is 2.92. The molecule has 0 radical (unpaired) electrons. The molecule has 0 bridgehead atoms. The Kier molecular flexibility index (Phi) is 4.58. The van der Waals surface area contributed by atoms with Gasteiger partial charge in [-0.25, -0.2) is 15.0 Å². The number of hydrogen-bond donors (Lipinski definition) is 1. The van der Waals surface area contributed by atoms with Crippen LogP contribution in [0.5, 0.6) is 0 Å².